The van der Waals surface area contributed by atoms with Crippen LogP contribution in [0.15, 0.2) is 57.6 Å². The summed E-state index contributed by atoms with van der Waals surface area (Å²) in [5.74, 6) is 1.65. The van der Waals surface area contributed by atoms with Gasteiger partial charge in [0.25, 0.3) is 0 Å². The number of benzene rings is 1. The van der Waals surface area contributed by atoms with Gasteiger partial charge in [-0.1, -0.05) is 30.3 Å². The monoisotopic (exact) mass is 315 g/mol. The lowest BCUT2D eigenvalue weighted by atomic mass is 10.2. The van der Waals surface area contributed by atoms with Crippen LogP contribution in [0.4, 0.5) is 5.82 Å². The average molecular weight is 316 g/mol. The van der Waals surface area contributed by atoms with E-state index in [1.165, 1.54) is 0 Å². The third-order valence-corrected chi connectivity index (χ3v) is 3.03. The molecule has 0 spiro atoms. The van der Waals surface area contributed by atoms with Gasteiger partial charge in [0.15, 0.2) is 16.3 Å². The molecule has 2 aromatic heterocycles. The summed E-state index contributed by atoms with van der Waals surface area (Å²) in [4.78, 5) is 8.73. The van der Waals surface area contributed by atoms with Crippen molar-refractivity contribution in [1.82, 2.24) is 9.97 Å². The van der Waals surface area contributed by atoms with Crippen LogP contribution in [0.1, 0.15) is 0 Å². The van der Waals surface area contributed by atoms with E-state index >= 15 is 0 Å². The first kappa shape index (κ1) is 11.9. The molecule has 0 unspecified atom stereocenters. The van der Waals surface area contributed by atoms with Crippen LogP contribution in [0.25, 0.3) is 22.8 Å². The predicted molar refractivity (Wildman–Crippen MR) is 77.3 cm³/mol. The van der Waals surface area contributed by atoms with Crippen molar-refractivity contribution < 1.29 is 4.42 Å². The third kappa shape index (κ3) is 2.51. The summed E-state index contributed by atoms with van der Waals surface area (Å²) in [7, 11) is 0. The highest BCUT2D eigenvalue weighted by Crippen LogP contribution is 2.26. The van der Waals surface area contributed by atoms with Crippen LogP contribution in [0.5, 0.6) is 0 Å². The normalized spacial score (nSPS) is 10.6. The van der Waals surface area contributed by atoms with Gasteiger partial charge in [0.1, 0.15) is 11.5 Å². The Hall–Kier alpha value is -2.14. The van der Waals surface area contributed by atoms with Crippen molar-refractivity contribution in [2.75, 3.05) is 5.73 Å². The lowest BCUT2D eigenvalue weighted by Crippen LogP contribution is -1.97. The van der Waals surface area contributed by atoms with Crippen molar-refractivity contribution >= 4 is 21.7 Å². The third-order valence-electron chi connectivity index (χ3n) is 2.60. The molecule has 4 nitrogen and oxygen atoms in total. The van der Waals surface area contributed by atoms with Gasteiger partial charge in [-0.2, -0.15) is 0 Å². The van der Waals surface area contributed by atoms with Gasteiger partial charge in [-0.3, -0.25) is 0 Å². The highest BCUT2D eigenvalue weighted by molar-refractivity contribution is 9.10. The summed E-state index contributed by atoms with van der Waals surface area (Å²) in [6.07, 6.45) is 0. The molecule has 0 aliphatic rings. The van der Waals surface area contributed by atoms with Crippen LogP contribution in [0, 0.1) is 0 Å². The van der Waals surface area contributed by atoms with Gasteiger partial charge in [-0.05, 0) is 28.1 Å². The fraction of sp³-hybridized carbons (Fsp3) is 0. The van der Waals surface area contributed by atoms with Crippen LogP contribution in [-0.4, -0.2) is 9.97 Å². The Morgan fingerprint density at radius 3 is 2.47 bits per heavy atom. The second-order valence-electron chi connectivity index (χ2n) is 3.97. The second kappa shape index (κ2) is 4.85. The summed E-state index contributed by atoms with van der Waals surface area (Å²) < 4.78 is 6.14. The number of hydrogen-bond donors (Lipinski definition) is 1. The smallest absolute Gasteiger partial charge is 0.169 e. The Balaban J connectivity index is 2.11. The average Bonchev–Trinajstić information content (AvgIpc) is 2.86. The van der Waals surface area contributed by atoms with Crippen LogP contribution in [0.3, 0.4) is 0 Å². The molecule has 0 radical (unpaired) electrons. The number of anilines is 1. The van der Waals surface area contributed by atoms with Crippen molar-refractivity contribution in [2.24, 2.45) is 0 Å². The molecule has 19 heavy (non-hydrogen) atoms. The molecule has 3 rings (SSSR count). The summed E-state index contributed by atoms with van der Waals surface area (Å²) in [6.45, 7) is 0. The number of rotatable bonds is 2. The van der Waals surface area contributed by atoms with E-state index in [-0.39, 0.29) is 0 Å². The standard InChI is InChI=1S/C14H10BrN3O/c15-12-7-6-11(19-12)10-8-13(16)18-14(17-10)9-4-2-1-3-5-9/h1-8H,(H2,16,17,18). The molecule has 2 N–H and O–H groups in total. The molecule has 1 aromatic carbocycles. The molecule has 5 heteroatoms. The fourth-order valence-electron chi connectivity index (χ4n) is 1.76. The van der Waals surface area contributed by atoms with E-state index in [0.717, 1.165) is 5.56 Å². The quantitative estimate of drug-likeness (QED) is 0.782. The zero-order valence-electron chi connectivity index (χ0n) is 9.88. The van der Waals surface area contributed by atoms with Crippen LogP contribution < -0.4 is 5.73 Å². The fourth-order valence-corrected chi connectivity index (χ4v) is 2.07. The molecule has 3 aromatic rings. The number of nitrogen functional groups attached to an aromatic ring is 1. The maximum Gasteiger partial charge on any atom is 0.169 e. The molecule has 0 fully saturated rings. The molecule has 0 bridgehead atoms. The minimum Gasteiger partial charge on any atom is -0.448 e. The van der Waals surface area contributed by atoms with Crippen LogP contribution in [0.2, 0.25) is 0 Å². The molecule has 0 aliphatic heterocycles. The van der Waals surface area contributed by atoms with Gasteiger partial charge in [0.05, 0.1) is 0 Å². The lowest BCUT2D eigenvalue weighted by molar-refractivity contribution is 0.553. The summed E-state index contributed by atoms with van der Waals surface area (Å²) in [6, 6.07) is 15.0. The summed E-state index contributed by atoms with van der Waals surface area (Å²) in [5, 5.41) is 0. The van der Waals surface area contributed by atoms with Crippen LogP contribution >= 0.6 is 15.9 Å². The van der Waals surface area contributed by atoms with Gasteiger partial charge < -0.3 is 10.2 Å². The molecule has 0 aliphatic carbocycles. The van der Waals surface area contributed by atoms with E-state index in [1.54, 1.807) is 6.07 Å². The van der Waals surface area contributed by atoms with E-state index in [1.807, 2.05) is 42.5 Å². The van der Waals surface area contributed by atoms with Gasteiger partial charge in [-0.25, -0.2) is 9.97 Å². The number of nitrogens with zero attached hydrogens (tertiary/aromatic N) is 2. The van der Waals surface area contributed by atoms with Gasteiger partial charge in [-0.15, -0.1) is 0 Å². The molecule has 94 valence electrons. The molecule has 0 atom stereocenters. The van der Waals surface area contributed by atoms with E-state index < -0.39 is 0 Å². The lowest BCUT2D eigenvalue weighted by Gasteiger charge is -2.04. The zero-order chi connectivity index (χ0) is 13.2. The van der Waals surface area contributed by atoms with E-state index in [2.05, 4.69) is 25.9 Å². The maximum absolute atomic E-state index is 5.84. The first-order valence-corrected chi connectivity index (χ1v) is 6.47. The Morgan fingerprint density at radius 2 is 1.79 bits per heavy atom. The van der Waals surface area contributed by atoms with Crippen molar-refractivity contribution in [3.05, 3.63) is 53.2 Å². The number of furan rings is 1. The molecule has 0 amide bonds. The Labute approximate surface area is 118 Å². The van der Waals surface area contributed by atoms with E-state index in [9.17, 15) is 0 Å². The number of hydrogen-bond acceptors (Lipinski definition) is 4. The topological polar surface area (TPSA) is 64.9 Å². The largest absolute Gasteiger partial charge is 0.448 e. The second-order valence-corrected chi connectivity index (χ2v) is 4.75. The van der Waals surface area contributed by atoms with Gasteiger partial charge in [0, 0.05) is 11.6 Å². The minimum absolute atomic E-state index is 0.413. The van der Waals surface area contributed by atoms with E-state index in [4.69, 9.17) is 10.2 Å². The number of halogens is 1. The summed E-state index contributed by atoms with van der Waals surface area (Å²) >= 11 is 3.27. The molecular formula is C14H10BrN3O. The summed E-state index contributed by atoms with van der Waals surface area (Å²) in [5.41, 5.74) is 7.42. The molecule has 2 heterocycles. The first-order valence-electron chi connectivity index (χ1n) is 5.68. The van der Waals surface area contributed by atoms with Gasteiger partial charge >= 0.3 is 0 Å². The highest BCUT2D eigenvalue weighted by atomic mass is 79.9. The Bertz CT molecular complexity index is 710. The number of aromatic nitrogens is 2. The van der Waals surface area contributed by atoms with Crippen molar-refractivity contribution in [2.45, 2.75) is 0 Å². The number of nitrogens with two attached hydrogens (primary N) is 1. The molecular weight excluding hydrogens is 306 g/mol. The predicted octanol–water partition coefficient (Wildman–Crippen LogP) is 3.75. The van der Waals surface area contributed by atoms with Crippen molar-refractivity contribution in [3.8, 4) is 22.8 Å². The Morgan fingerprint density at radius 1 is 1.00 bits per heavy atom. The Kier molecular flexibility index (Phi) is 3.05. The zero-order valence-corrected chi connectivity index (χ0v) is 11.5. The van der Waals surface area contributed by atoms with Gasteiger partial charge in [0.2, 0.25) is 0 Å². The first-order chi connectivity index (χ1) is 9.22. The minimum atomic E-state index is 0.413. The SMILES string of the molecule is Nc1cc(-c2ccc(Br)o2)nc(-c2ccccc2)n1. The van der Waals surface area contributed by atoms with Crippen molar-refractivity contribution in [3.63, 3.8) is 0 Å². The molecule has 0 saturated heterocycles. The maximum atomic E-state index is 5.84. The van der Waals surface area contributed by atoms with Crippen LogP contribution in [-0.2, 0) is 0 Å². The molecule has 0 saturated carbocycles. The van der Waals surface area contributed by atoms with Crippen molar-refractivity contribution in [1.29, 1.82) is 0 Å². The van der Waals surface area contributed by atoms with E-state index in [0.29, 0.717) is 27.8 Å². The highest BCUT2D eigenvalue weighted by Gasteiger charge is 2.09.